The lowest BCUT2D eigenvalue weighted by atomic mass is 10.0. The Bertz CT molecular complexity index is 2130. The van der Waals surface area contributed by atoms with Crippen molar-refractivity contribution in [3.63, 3.8) is 0 Å². The van der Waals surface area contributed by atoms with Crippen molar-refractivity contribution in [2.24, 2.45) is 5.92 Å². The molecule has 7 heteroatoms. The Labute approximate surface area is 428 Å². The van der Waals surface area contributed by atoms with Crippen molar-refractivity contribution in [2.45, 2.75) is 174 Å². The Hall–Kier alpha value is -5.79. The van der Waals surface area contributed by atoms with E-state index in [0.29, 0.717) is 47.1 Å². The van der Waals surface area contributed by atoms with Gasteiger partial charge in [-0.3, -0.25) is 9.67 Å². The molecule has 0 saturated heterocycles. The van der Waals surface area contributed by atoms with Gasteiger partial charge in [-0.1, -0.05) is 225 Å². The molecular weight excluding hydrogens is 861 g/mol. The summed E-state index contributed by atoms with van der Waals surface area (Å²) in [5, 5.41) is 16.3. The third kappa shape index (κ3) is 30.0. The van der Waals surface area contributed by atoms with Gasteiger partial charge in [0, 0.05) is 18.9 Å². The first-order valence-electron chi connectivity index (χ1n) is 24.5. The van der Waals surface area contributed by atoms with Crippen molar-refractivity contribution >= 4 is 0 Å². The van der Waals surface area contributed by atoms with E-state index in [1.807, 2.05) is 36.5 Å². The minimum absolute atomic E-state index is 0. The molecule has 0 fully saturated rings. The van der Waals surface area contributed by atoms with Crippen LogP contribution in [-0.4, -0.2) is 32.2 Å². The van der Waals surface area contributed by atoms with E-state index >= 15 is 0 Å². The van der Waals surface area contributed by atoms with E-state index in [1.54, 1.807) is 36.7 Å². The van der Waals surface area contributed by atoms with E-state index in [0.717, 1.165) is 12.3 Å². The summed E-state index contributed by atoms with van der Waals surface area (Å²) < 4.78 is 11.7. The van der Waals surface area contributed by atoms with Crippen LogP contribution in [0.15, 0.2) is 157 Å². The van der Waals surface area contributed by atoms with E-state index in [2.05, 4.69) is 217 Å². The van der Waals surface area contributed by atoms with Gasteiger partial charge in [-0.05, 0) is 113 Å². The van der Waals surface area contributed by atoms with Crippen LogP contribution >= 0.6 is 0 Å². The summed E-state index contributed by atoms with van der Waals surface area (Å²) in [5.74, 6) is 5.23. The quantitative estimate of drug-likeness (QED) is 0.147. The summed E-state index contributed by atoms with van der Waals surface area (Å²) in [6, 6.07) is 42.2. The highest BCUT2D eigenvalue weighted by Gasteiger charge is 2.02. The average molecular weight is 957 g/mol. The second-order valence-corrected chi connectivity index (χ2v) is 19.3. The molecule has 3 heterocycles. The summed E-state index contributed by atoms with van der Waals surface area (Å²) in [4.78, 5) is 4.01. The molecule has 0 aliphatic carbocycles. The third-order valence-corrected chi connectivity index (χ3v) is 10.6. The molecule has 0 bridgehead atoms. The summed E-state index contributed by atoms with van der Waals surface area (Å²) in [6.07, 6.45) is 8.95. The summed E-state index contributed by atoms with van der Waals surface area (Å²) in [7, 11) is 1.69. The highest BCUT2D eigenvalue weighted by atomic mass is 16.5. The van der Waals surface area contributed by atoms with E-state index in [4.69, 9.17) is 14.3 Å². The van der Waals surface area contributed by atoms with E-state index in [9.17, 15) is 0 Å². The number of furan rings is 1. The number of hydrogen-bond donors (Lipinski definition) is 1. The molecule has 0 aliphatic heterocycles. The summed E-state index contributed by atoms with van der Waals surface area (Å²) in [5.41, 5.74) is 11.5. The summed E-state index contributed by atoms with van der Waals surface area (Å²) in [6.45, 7) is 35.5. The number of aryl methyl sites for hydroxylation is 2. The Balaban J connectivity index is 0. The molecule has 0 atom stereocenters. The molecule has 0 amide bonds. The second kappa shape index (κ2) is 38.0. The lowest BCUT2D eigenvalue weighted by molar-refractivity contribution is 0.276. The SMILES string of the molecule is C.C.CC(C)Cn1cc(CO)nn1.CC(C)c1ccccc1.CC(C)c1cccnc1.CC(C)c1ccoc1.COc1cccc(C(C)C)c1.Cc1ccc(C(C)C)cc1.Cc1ccc(C(C)C)cc1. The van der Waals surface area contributed by atoms with E-state index < -0.39 is 0 Å². The van der Waals surface area contributed by atoms with Gasteiger partial charge >= 0.3 is 0 Å². The zero-order chi connectivity index (χ0) is 51.0. The van der Waals surface area contributed by atoms with Gasteiger partial charge in [0.25, 0.3) is 0 Å². The Morgan fingerprint density at radius 3 is 1.31 bits per heavy atom. The Kier molecular flexibility index (Phi) is 36.0. The number of nitrogens with zero attached hydrogens (tertiary/aromatic N) is 4. The predicted octanol–water partition coefficient (Wildman–Crippen LogP) is 18.2. The number of ether oxygens (including phenoxy) is 1. The Morgan fingerprint density at radius 2 is 0.986 bits per heavy atom. The third-order valence-electron chi connectivity index (χ3n) is 10.6. The monoisotopic (exact) mass is 957 g/mol. The van der Waals surface area contributed by atoms with Crippen LogP contribution in [0.2, 0.25) is 0 Å². The molecule has 7 aromatic rings. The molecule has 7 rings (SSSR count). The average Bonchev–Trinajstić information content (AvgIpc) is 4.05. The summed E-state index contributed by atoms with van der Waals surface area (Å²) >= 11 is 0. The van der Waals surface area contributed by atoms with Gasteiger partial charge in [-0.15, -0.1) is 5.10 Å². The maximum Gasteiger partial charge on any atom is 0.119 e. The van der Waals surface area contributed by atoms with E-state index in [-0.39, 0.29) is 21.5 Å². The van der Waals surface area contributed by atoms with Gasteiger partial charge in [-0.25, -0.2) is 0 Å². The van der Waals surface area contributed by atoms with Crippen molar-refractivity contribution in [1.82, 2.24) is 20.0 Å². The largest absolute Gasteiger partial charge is 0.497 e. The van der Waals surface area contributed by atoms with Crippen molar-refractivity contribution in [2.75, 3.05) is 7.11 Å². The highest BCUT2D eigenvalue weighted by Crippen LogP contribution is 2.20. The maximum absolute atomic E-state index is 8.67. The molecule has 386 valence electrons. The number of aromatic nitrogens is 4. The van der Waals surface area contributed by atoms with Crippen LogP contribution in [0.5, 0.6) is 5.75 Å². The van der Waals surface area contributed by atoms with Crippen molar-refractivity contribution in [1.29, 1.82) is 0 Å². The molecule has 4 aromatic carbocycles. The molecular formula is C63H96N4O3. The van der Waals surface area contributed by atoms with Gasteiger partial charge < -0.3 is 14.3 Å². The van der Waals surface area contributed by atoms with Gasteiger partial charge in [0.2, 0.25) is 0 Å². The smallest absolute Gasteiger partial charge is 0.119 e. The van der Waals surface area contributed by atoms with Gasteiger partial charge in [0.05, 0.1) is 32.4 Å². The van der Waals surface area contributed by atoms with Crippen LogP contribution < -0.4 is 4.74 Å². The minimum Gasteiger partial charge on any atom is -0.497 e. The normalized spacial score (nSPS) is 10.1. The van der Waals surface area contributed by atoms with Crippen LogP contribution in [0.1, 0.15) is 197 Å². The molecule has 0 radical (unpaired) electrons. The minimum atomic E-state index is -0.0297. The number of rotatable bonds is 10. The van der Waals surface area contributed by atoms with Crippen LogP contribution in [-0.2, 0) is 13.2 Å². The van der Waals surface area contributed by atoms with Crippen LogP contribution in [0.4, 0.5) is 0 Å². The maximum atomic E-state index is 8.67. The molecule has 0 saturated carbocycles. The second-order valence-electron chi connectivity index (χ2n) is 19.3. The number of aliphatic hydroxyl groups is 1. The molecule has 3 aromatic heterocycles. The van der Waals surface area contributed by atoms with Crippen molar-refractivity contribution < 1.29 is 14.3 Å². The van der Waals surface area contributed by atoms with E-state index in [1.165, 1.54) is 44.5 Å². The fourth-order valence-corrected chi connectivity index (χ4v) is 5.94. The molecule has 1 N–H and O–H groups in total. The van der Waals surface area contributed by atoms with Crippen LogP contribution in [0.3, 0.4) is 0 Å². The first-order chi connectivity index (χ1) is 32.3. The number of benzene rings is 4. The number of methoxy groups -OCH3 is 1. The van der Waals surface area contributed by atoms with Crippen LogP contribution in [0, 0.1) is 19.8 Å². The predicted molar refractivity (Wildman–Crippen MR) is 304 cm³/mol. The van der Waals surface area contributed by atoms with Crippen molar-refractivity contribution in [3.8, 4) is 5.75 Å². The first-order valence-corrected chi connectivity index (χ1v) is 24.5. The lowest BCUT2D eigenvalue weighted by Crippen LogP contribution is -2.04. The molecule has 0 unspecified atom stereocenters. The molecule has 0 spiro atoms. The molecule has 70 heavy (non-hydrogen) atoms. The van der Waals surface area contributed by atoms with Crippen molar-refractivity contribution in [3.05, 3.63) is 203 Å². The lowest BCUT2D eigenvalue weighted by Gasteiger charge is -2.06. The van der Waals surface area contributed by atoms with Gasteiger partial charge in [0.15, 0.2) is 0 Å². The fraction of sp³-hybridized carbons (Fsp3) is 0.444. The Morgan fingerprint density at radius 1 is 0.529 bits per heavy atom. The number of aliphatic hydroxyl groups excluding tert-OH is 1. The topological polar surface area (TPSA) is 86.2 Å². The first kappa shape index (κ1) is 66.3. The van der Waals surface area contributed by atoms with Gasteiger partial charge in [-0.2, -0.15) is 0 Å². The zero-order valence-corrected chi connectivity index (χ0v) is 44.9. The highest BCUT2D eigenvalue weighted by molar-refractivity contribution is 5.30. The van der Waals surface area contributed by atoms with Crippen LogP contribution in [0.25, 0.3) is 0 Å². The molecule has 7 nitrogen and oxygen atoms in total. The zero-order valence-electron chi connectivity index (χ0n) is 44.9. The van der Waals surface area contributed by atoms with Gasteiger partial charge in [0.1, 0.15) is 11.4 Å². The standard InChI is InChI=1S/C10H14O.2C10H14.C9H12.C8H11N.C7H13N3O.C7H10O.2CH4/c1-8(2)9-5-4-6-10(7-9)11-3;2*1-8(2)10-6-4-9(3)5-7-10;1-8(2)9-6-4-3-5-7-9;1-7(2)8-4-3-5-9-6-8;1-6(2)3-10-4-7(5-11)8-9-10;1-6(2)7-3-4-8-5-7;;/h4-8H,1-3H3;2*4-8H,1-3H3;3-8H,1-2H3;3-7H,1-2H3;4,6,11H,3,5H2,1-2H3;3-6H,1-2H3;2*1H4. The number of pyridine rings is 1. The fourth-order valence-electron chi connectivity index (χ4n) is 5.94. The number of hydrogen-bond acceptors (Lipinski definition) is 6. The molecule has 0 aliphatic rings.